The molecule has 1 aromatic carbocycles. The second-order valence-electron chi connectivity index (χ2n) is 4.58. The van der Waals surface area contributed by atoms with Crippen LogP contribution in [0.2, 0.25) is 0 Å². The average Bonchev–Trinajstić information content (AvgIpc) is 2.41. The third-order valence-corrected chi connectivity index (χ3v) is 3.19. The van der Waals surface area contributed by atoms with Crippen molar-refractivity contribution in [2.24, 2.45) is 0 Å². The highest BCUT2D eigenvalue weighted by Crippen LogP contribution is 2.23. The number of hydrogen-bond acceptors (Lipinski definition) is 4. The molecule has 2 aromatic rings. The molecular weight excluding hydrogens is 256 g/mol. The van der Waals surface area contributed by atoms with Gasteiger partial charge in [0.25, 0.3) is 0 Å². The molecule has 0 aliphatic carbocycles. The molecule has 0 aliphatic heterocycles. The first-order chi connectivity index (χ1) is 9.52. The SMILES string of the molecule is C/C=C/C(=O)OCc1cc(=O)oc2c(C)c(C)ccc12. The van der Waals surface area contributed by atoms with Crippen LogP contribution >= 0.6 is 0 Å². The van der Waals surface area contributed by atoms with Crippen molar-refractivity contribution in [2.45, 2.75) is 27.4 Å². The second-order valence-corrected chi connectivity index (χ2v) is 4.58. The molecule has 0 aliphatic rings. The largest absolute Gasteiger partial charge is 0.458 e. The van der Waals surface area contributed by atoms with Gasteiger partial charge in [0.15, 0.2) is 0 Å². The van der Waals surface area contributed by atoms with Gasteiger partial charge in [-0.15, -0.1) is 0 Å². The Bertz CT molecular complexity index is 738. The molecule has 0 N–H and O–H groups in total. The summed E-state index contributed by atoms with van der Waals surface area (Å²) in [6.45, 7) is 5.64. The van der Waals surface area contributed by atoms with Gasteiger partial charge in [0.05, 0.1) is 0 Å². The van der Waals surface area contributed by atoms with Crippen LogP contribution in [0.25, 0.3) is 11.0 Å². The number of allylic oxidation sites excluding steroid dienone is 1. The molecule has 0 fully saturated rings. The smallest absolute Gasteiger partial charge is 0.336 e. The Morgan fingerprint density at radius 2 is 2.10 bits per heavy atom. The second kappa shape index (κ2) is 5.74. The fourth-order valence-corrected chi connectivity index (χ4v) is 1.98. The highest BCUT2D eigenvalue weighted by molar-refractivity contribution is 5.85. The molecule has 0 amide bonds. The zero-order valence-corrected chi connectivity index (χ0v) is 11.7. The molecule has 0 spiro atoms. The van der Waals surface area contributed by atoms with Crippen molar-refractivity contribution >= 4 is 16.9 Å². The van der Waals surface area contributed by atoms with Crippen LogP contribution in [-0.2, 0) is 16.1 Å². The molecule has 1 aromatic heterocycles. The van der Waals surface area contributed by atoms with Crippen LogP contribution in [0.3, 0.4) is 0 Å². The molecule has 4 heteroatoms. The van der Waals surface area contributed by atoms with Gasteiger partial charge in [-0.1, -0.05) is 18.2 Å². The first-order valence-corrected chi connectivity index (χ1v) is 6.35. The summed E-state index contributed by atoms with van der Waals surface area (Å²) in [6.07, 6.45) is 2.94. The normalized spacial score (nSPS) is 11.2. The maximum Gasteiger partial charge on any atom is 0.336 e. The fraction of sp³-hybridized carbons (Fsp3) is 0.250. The topological polar surface area (TPSA) is 56.5 Å². The summed E-state index contributed by atoms with van der Waals surface area (Å²) in [5.74, 6) is -0.433. The van der Waals surface area contributed by atoms with Gasteiger partial charge in [-0.25, -0.2) is 9.59 Å². The number of hydrogen-bond donors (Lipinski definition) is 0. The third kappa shape index (κ3) is 2.79. The Hall–Kier alpha value is -2.36. The van der Waals surface area contributed by atoms with Crippen molar-refractivity contribution in [1.29, 1.82) is 0 Å². The maximum absolute atomic E-state index is 11.6. The number of aryl methyl sites for hydroxylation is 2. The van der Waals surface area contributed by atoms with Crippen molar-refractivity contribution < 1.29 is 13.9 Å². The van der Waals surface area contributed by atoms with E-state index < -0.39 is 11.6 Å². The van der Waals surface area contributed by atoms with E-state index in [-0.39, 0.29) is 6.61 Å². The Morgan fingerprint density at radius 1 is 1.35 bits per heavy atom. The lowest BCUT2D eigenvalue weighted by Crippen LogP contribution is -2.06. The molecule has 0 bridgehead atoms. The molecule has 0 saturated carbocycles. The lowest BCUT2D eigenvalue weighted by molar-refractivity contribution is -0.138. The van der Waals surface area contributed by atoms with Crippen molar-refractivity contribution in [3.63, 3.8) is 0 Å². The van der Waals surface area contributed by atoms with Crippen molar-refractivity contribution in [3.05, 3.63) is 57.5 Å². The Morgan fingerprint density at radius 3 is 2.80 bits per heavy atom. The van der Waals surface area contributed by atoms with Gasteiger partial charge in [-0.3, -0.25) is 0 Å². The summed E-state index contributed by atoms with van der Waals surface area (Å²) in [4.78, 5) is 23.0. The molecule has 0 unspecified atom stereocenters. The van der Waals surface area contributed by atoms with Crippen LogP contribution in [0.1, 0.15) is 23.6 Å². The molecule has 0 atom stereocenters. The number of carbonyl (C=O) groups is 1. The minimum absolute atomic E-state index is 0.0494. The first kappa shape index (κ1) is 14.1. The van der Waals surface area contributed by atoms with Crippen LogP contribution < -0.4 is 5.63 Å². The molecule has 20 heavy (non-hydrogen) atoms. The molecule has 104 valence electrons. The lowest BCUT2D eigenvalue weighted by Gasteiger charge is -2.08. The molecular formula is C16H16O4. The van der Waals surface area contributed by atoms with E-state index in [0.29, 0.717) is 11.1 Å². The van der Waals surface area contributed by atoms with Gasteiger partial charge in [-0.2, -0.15) is 0 Å². The average molecular weight is 272 g/mol. The standard InChI is InChI=1S/C16H16O4/c1-4-5-14(17)19-9-12-8-15(18)20-16-11(3)10(2)6-7-13(12)16/h4-8H,9H2,1-3H3/b5-4+. The predicted octanol–water partition coefficient (Wildman–Crippen LogP) is 3.03. The molecule has 0 saturated heterocycles. The van der Waals surface area contributed by atoms with Crippen LogP contribution in [-0.4, -0.2) is 5.97 Å². The van der Waals surface area contributed by atoms with E-state index in [1.54, 1.807) is 13.0 Å². The van der Waals surface area contributed by atoms with Crippen molar-refractivity contribution in [2.75, 3.05) is 0 Å². The zero-order chi connectivity index (χ0) is 14.7. The quantitative estimate of drug-likeness (QED) is 0.489. The molecule has 4 nitrogen and oxygen atoms in total. The summed E-state index contributed by atoms with van der Waals surface area (Å²) in [5.41, 5.74) is 2.72. The Labute approximate surface area is 116 Å². The van der Waals surface area contributed by atoms with Gasteiger partial charge in [0.1, 0.15) is 12.2 Å². The number of rotatable bonds is 3. The van der Waals surface area contributed by atoms with Crippen molar-refractivity contribution in [1.82, 2.24) is 0 Å². The highest BCUT2D eigenvalue weighted by Gasteiger charge is 2.10. The summed E-state index contributed by atoms with van der Waals surface area (Å²) in [5, 5.41) is 0.793. The van der Waals surface area contributed by atoms with E-state index in [2.05, 4.69) is 0 Å². The van der Waals surface area contributed by atoms with Gasteiger partial charge >= 0.3 is 11.6 Å². The predicted molar refractivity (Wildman–Crippen MR) is 76.6 cm³/mol. The summed E-state index contributed by atoms with van der Waals surface area (Å²) in [6, 6.07) is 5.19. The van der Waals surface area contributed by atoms with Gasteiger partial charge in [0, 0.05) is 23.1 Å². The summed E-state index contributed by atoms with van der Waals surface area (Å²) in [7, 11) is 0. The number of fused-ring (bicyclic) bond motifs is 1. The van der Waals surface area contributed by atoms with Crippen LogP contribution in [0, 0.1) is 13.8 Å². The Kier molecular flexibility index (Phi) is 4.03. The highest BCUT2D eigenvalue weighted by atomic mass is 16.5. The minimum atomic E-state index is -0.441. The summed E-state index contributed by atoms with van der Waals surface area (Å²) < 4.78 is 10.4. The van der Waals surface area contributed by atoms with Crippen LogP contribution in [0.5, 0.6) is 0 Å². The van der Waals surface area contributed by atoms with Gasteiger partial charge in [-0.05, 0) is 31.9 Å². The van der Waals surface area contributed by atoms with E-state index in [1.165, 1.54) is 12.1 Å². The van der Waals surface area contributed by atoms with Crippen LogP contribution in [0.15, 0.2) is 39.6 Å². The molecule has 2 rings (SSSR count). The van der Waals surface area contributed by atoms with E-state index in [1.807, 2.05) is 26.0 Å². The lowest BCUT2D eigenvalue weighted by atomic mass is 10.0. The van der Waals surface area contributed by atoms with E-state index >= 15 is 0 Å². The maximum atomic E-state index is 11.6. The monoisotopic (exact) mass is 272 g/mol. The first-order valence-electron chi connectivity index (χ1n) is 6.35. The minimum Gasteiger partial charge on any atom is -0.458 e. The van der Waals surface area contributed by atoms with E-state index in [0.717, 1.165) is 16.5 Å². The number of esters is 1. The van der Waals surface area contributed by atoms with Crippen LogP contribution in [0.4, 0.5) is 0 Å². The van der Waals surface area contributed by atoms with E-state index in [9.17, 15) is 9.59 Å². The Balaban J connectivity index is 2.46. The molecule has 1 heterocycles. The van der Waals surface area contributed by atoms with Crippen molar-refractivity contribution in [3.8, 4) is 0 Å². The molecule has 0 radical (unpaired) electrons. The number of ether oxygens (including phenoxy) is 1. The fourth-order valence-electron chi connectivity index (χ4n) is 1.98. The van der Waals surface area contributed by atoms with Gasteiger partial charge < -0.3 is 9.15 Å². The van der Waals surface area contributed by atoms with Gasteiger partial charge in [0.2, 0.25) is 0 Å². The zero-order valence-electron chi connectivity index (χ0n) is 11.7. The summed E-state index contributed by atoms with van der Waals surface area (Å²) >= 11 is 0. The third-order valence-electron chi connectivity index (χ3n) is 3.19. The number of carbonyl (C=O) groups excluding carboxylic acids is 1. The number of benzene rings is 1. The van der Waals surface area contributed by atoms with E-state index in [4.69, 9.17) is 9.15 Å².